The molecule has 0 unspecified atom stereocenters. The minimum absolute atomic E-state index is 0.0120. The molecule has 1 rings (SSSR count). The fraction of sp³-hybridized carbons (Fsp3) is 0.462. The third-order valence-corrected chi connectivity index (χ3v) is 4.21. The Morgan fingerprint density at radius 3 is 2.52 bits per heavy atom. The second kappa shape index (κ2) is 7.74. The zero-order valence-corrected chi connectivity index (χ0v) is 13.3. The summed E-state index contributed by atoms with van der Waals surface area (Å²) < 4.78 is 31.1. The van der Waals surface area contributed by atoms with Gasteiger partial charge in [0.25, 0.3) is 0 Å². The van der Waals surface area contributed by atoms with Crippen LogP contribution in [0.3, 0.4) is 0 Å². The van der Waals surface area contributed by atoms with Crippen LogP contribution in [0.5, 0.6) is 0 Å². The Morgan fingerprint density at radius 2 is 2.00 bits per heavy atom. The summed E-state index contributed by atoms with van der Waals surface area (Å²) in [6.45, 7) is 3.55. The fourth-order valence-electron chi connectivity index (χ4n) is 1.59. The quantitative estimate of drug-likeness (QED) is 0.755. The molecule has 1 atom stereocenters. The van der Waals surface area contributed by atoms with Crippen molar-refractivity contribution in [3.63, 3.8) is 0 Å². The SMILES string of the molecule is CC(C)OCCS(=O)(=O)N[C@@H](C(=O)O)c1ccccc1Cl. The Bertz CT molecular complexity index is 588. The number of carbonyl (C=O) groups is 1. The van der Waals surface area contributed by atoms with Crippen molar-refractivity contribution in [1.29, 1.82) is 0 Å². The van der Waals surface area contributed by atoms with E-state index in [0.717, 1.165) is 0 Å². The lowest BCUT2D eigenvalue weighted by molar-refractivity contribution is -0.139. The van der Waals surface area contributed by atoms with Crippen molar-refractivity contribution in [2.45, 2.75) is 26.0 Å². The van der Waals surface area contributed by atoms with E-state index in [4.69, 9.17) is 16.3 Å². The second-order valence-corrected chi connectivity index (χ2v) is 6.93. The van der Waals surface area contributed by atoms with Crippen LogP contribution in [0.25, 0.3) is 0 Å². The van der Waals surface area contributed by atoms with Crippen LogP contribution in [0, 0.1) is 0 Å². The van der Waals surface area contributed by atoms with Crippen molar-refractivity contribution in [3.05, 3.63) is 34.9 Å². The Balaban J connectivity index is 2.84. The molecule has 8 heteroatoms. The van der Waals surface area contributed by atoms with Crippen LogP contribution in [-0.4, -0.2) is 38.0 Å². The molecule has 0 heterocycles. The van der Waals surface area contributed by atoms with E-state index < -0.39 is 22.0 Å². The molecule has 0 radical (unpaired) electrons. The number of hydrogen-bond donors (Lipinski definition) is 2. The van der Waals surface area contributed by atoms with Gasteiger partial charge in [0.1, 0.15) is 6.04 Å². The molecule has 118 valence electrons. The first-order chi connectivity index (χ1) is 9.73. The van der Waals surface area contributed by atoms with E-state index in [2.05, 4.69) is 4.72 Å². The number of nitrogens with one attached hydrogen (secondary N) is 1. The predicted octanol–water partition coefficient (Wildman–Crippen LogP) is 1.81. The van der Waals surface area contributed by atoms with Gasteiger partial charge in [-0.1, -0.05) is 29.8 Å². The lowest BCUT2D eigenvalue weighted by Crippen LogP contribution is -2.36. The molecule has 1 aromatic rings. The molecule has 0 saturated heterocycles. The molecule has 0 aliphatic carbocycles. The van der Waals surface area contributed by atoms with E-state index in [9.17, 15) is 18.3 Å². The molecule has 0 aliphatic heterocycles. The molecular weight excluding hydrogens is 318 g/mol. The van der Waals surface area contributed by atoms with Gasteiger partial charge in [0, 0.05) is 5.02 Å². The zero-order chi connectivity index (χ0) is 16.0. The number of carboxylic acids is 1. The molecule has 1 aromatic carbocycles. The van der Waals surface area contributed by atoms with Gasteiger partial charge in [0.15, 0.2) is 0 Å². The standard InChI is InChI=1S/C13H18ClNO5S/c1-9(2)20-7-8-21(18,19)15-12(13(16)17)10-5-3-4-6-11(10)14/h3-6,9,12,15H,7-8H2,1-2H3,(H,16,17)/t12-/m1/s1. The average molecular weight is 336 g/mol. The van der Waals surface area contributed by atoms with Crippen LogP contribution in [0.15, 0.2) is 24.3 Å². The molecule has 0 bridgehead atoms. The number of ether oxygens (including phenoxy) is 1. The summed E-state index contributed by atoms with van der Waals surface area (Å²) >= 11 is 5.91. The Labute approximate surface area is 129 Å². The molecule has 0 spiro atoms. The smallest absolute Gasteiger partial charge is 0.326 e. The summed E-state index contributed by atoms with van der Waals surface area (Å²) in [5, 5.41) is 9.40. The van der Waals surface area contributed by atoms with Crippen LogP contribution in [0.2, 0.25) is 5.02 Å². The normalized spacial score (nSPS) is 13.3. The molecular formula is C13H18ClNO5S. The van der Waals surface area contributed by atoms with Crippen LogP contribution in [-0.2, 0) is 19.6 Å². The van der Waals surface area contributed by atoms with Crippen molar-refractivity contribution in [2.24, 2.45) is 0 Å². The monoisotopic (exact) mass is 335 g/mol. The van der Waals surface area contributed by atoms with E-state index in [-0.39, 0.29) is 29.0 Å². The summed E-state index contributed by atoms with van der Waals surface area (Å²) in [5.41, 5.74) is 0.194. The number of halogens is 1. The molecule has 21 heavy (non-hydrogen) atoms. The van der Waals surface area contributed by atoms with Crippen molar-refractivity contribution in [3.8, 4) is 0 Å². The maximum absolute atomic E-state index is 11.9. The van der Waals surface area contributed by atoms with E-state index in [1.54, 1.807) is 26.0 Å². The van der Waals surface area contributed by atoms with Crippen LogP contribution >= 0.6 is 11.6 Å². The van der Waals surface area contributed by atoms with Gasteiger partial charge in [-0.2, -0.15) is 4.72 Å². The Hall–Kier alpha value is -1.15. The average Bonchev–Trinajstić information content (AvgIpc) is 2.36. The number of benzene rings is 1. The summed E-state index contributed by atoms with van der Waals surface area (Å²) in [4.78, 5) is 11.3. The Morgan fingerprint density at radius 1 is 1.38 bits per heavy atom. The van der Waals surface area contributed by atoms with E-state index in [0.29, 0.717) is 0 Å². The first-order valence-electron chi connectivity index (χ1n) is 6.32. The Kier molecular flexibility index (Phi) is 6.60. The second-order valence-electron chi connectivity index (χ2n) is 4.65. The van der Waals surface area contributed by atoms with Crippen LogP contribution in [0.4, 0.5) is 0 Å². The van der Waals surface area contributed by atoms with E-state index in [1.807, 2.05) is 0 Å². The molecule has 0 amide bonds. The van der Waals surface area contributed by atoms with Crippen molar-refractivity contribution < 1.29 is 23.1 Å². The van der Waals surface area contributed by atoms with Crippen molar-refractivity contribution in [1.82, 2.24) is 4.72 Å². The van der Waals surface area contributed by atoms with Gasteiger partial charge in [0.2, 0.25) is 10.0 Å². The first-order valence-corrected chi connectivity index (χ1v) is 8.35. The predicted molar refractivity (Wildman–Crippen MR) is 79.8 cm³/mol. The van der Waals surface area contributed by atoms with Crippen molar-refractivity contribution >= 4 is 27.6 Å². The lowest BCUT2D eigenvalue weighted by Gasteiger charge is -2.16. The van der Waals surface area contributed by atoms with Gasteiger partial charge in [-0.15, -0.1) is 0 Å². The highest BCUT2D eigenvalue weighted by Crippen LogP contribution is 2.23. The molecule has 6 nitrogen and oxygen atoms in total. The lowest BCUT2D eigenvalue weighted by atomic mass is 10.1. The summed E-state index contributed by atoms with van der Waals surface area (Å²) in [5.74, 6) is -1.64. The summed E-state index contributed by atoms with van der Waals surface area (Å²) in [7, 11) is -3.80. The van der Waals surface area contributed by atoms with Crippen molar-refractivity contribution in [2.75, 3.05) is 12.4 Å². The number of rotatable bonds is 8. The van der Waals surface area contributed by atoms with Gasteiger partial charge in [-0.25, -0.2) is 8.42 Å². The maximum atomic E-state index is 11.9. The maximum Gasteiger partial charge on any atom is 0.326 e. The van der Waals surface area contributed by atoms with Crippen LogP contribution in [0.1, 0.15) is 25.5 Å². The minimum atomic E-state index is -3.80. The van der Waals surface area contributed by atoms with Gasteiger partial charge in [0.05, 0.1) is 18.5 Å². The molecule has 2 N–H and O–H groups in total. The topological polar surface area (TPSA) is 92.7 Å². The molecule has 0 aromatic heterocycles. The highest BCUT2D eigenvalue weighted by molar-refractivity contribution is 7.89. The van der Waals surface area contributed by atoms with Gasteiger partial charge >= 0.3 is 5.97 Å². The zero-order valence-electron chi connectivity index (χ0n) is 11.7. The fourth-order valence-corrected chi connectivity index (χ4v) is 2.85. The third kappa shape index (κ3) is 6.01. The summed E-state index contributed by atoms with van der Waals surface area (Å²) in [6.07, 6.45) is -0.0981. The van der Waals surface area contributed by atoms with E-state index >= 15 is 0 Å². The third-order valence-electron chi connectivity index (χ3n) is 2.56. The largest absolute Gasteiger partial charge is 0.480 e. The van der Waals surface area contributed by atoms with Gasteiger partial charge < -0.3 is 9.84 Å². The molecule has 0 fully saturated rings. The summed E-state index contributed by atoms with van der Waals surface area (Å²) in [6, 6.07) is 4.77. The number of hydrogen-bond acceptors (Lipinski definition) is 4. The van der Waals surface area contributed by atoms with Crippen LogP contribution < -0.4 is 4.72 Å². The van der Waals surface area contributed by atoms with Gasteiger partial charge in [-0.3, -0.25) is 4.79 Å². The number of carboxylic acid groups (broad SMARTS) is 1. The molecule has 0 aliphatic rings. The highest BCUT2D eigenvalue weighted by Gasteiger charge is 2.27. The van der Waals surface area contributed by atoms with E-state index in [1.165, 1.54) is 12.1 Å². The highest BCUT2D eigenvalue weighted by atomic mass is 35.5. The van der Waals surface area contributed by atoms with Gasteiger partial charge in [-0.05, 0) is 25.5 Å². The number of aliphatic carboxylic acids is 1. The first kappa shape index (κ1) is 17.9. The molecule has 0 saturated carbocycles. The minimum Gasteiger partial charge on any atom is -0.480 e. The number of sulfonamides is 1.